The summed E-state index contributed by atoms with van der Waals surface area (Å²) in [5.41, 5.74) is 5.53. The van der Waals surface area contributed by atoms with Crippen molar-refractivity contribution in [2.75, 3.05) is 12.8 Å². The van der Waals surface area contributed by atoms with Crippen LogP contribution in [0.5, 0.6) is 0 Å². The third kappa shape index (κ3) is 6.34. The molecule has 1 unspecified atom stereocenters. The molecule has 5 heteroatoms. The normalized spacial score (nSPS) is 12.2. The van der Waals surface area contributed by atoms with Crippen molar-refractivity contribution in [1.29, 1.82) is 0 Å². The van der Waals surface area contributed by atoms with E-state index in [9.17, 15) is 0 Å². The molecule has 0 bridgehead atoms. The fourth-order valence-electron chi connectivity index (χ4n) is 0.281. The Morgan fingerprint density at radius 3 is 3.00 bits per heavy atom. The van der Waals surface area contributed by atoms with Gasteiger partial charge in [0.2, 0.25) is 0 Å². The molecule has 0 aliphatic heterocycles. The van der Waals surface area contributed by atoms with Crippen LogP contribution in [0.1, 0.15) is 0 Å². The van der Waals surface area contributed by atoms with Crippen molar-refractivity contribution in [2.24, 2.45) is 10.7 Å². The Labute approximate surface area is 68.1 Å². The maximum absolute atomic E-state index is 5.53. The van der Waals surface area contributed by atoms with E-state index in [-0.39, 0.29) is 5.37 Å². The van der Waals surface area contributed by atoms with Crippen LogP contribution in [-0.4, -0.2) is 23.3 Å². The van der Waals surface area contributed by atoms with E-state index in [1.54, 1.807) is 21.6 Å². The van der Waals surface area contributed by atoms with E-state index < -0.39 is 0 Å². The van der Waals surface area contributed by atoms with Crippen molar-refractivity contribution in [3.05, 3.63) is 0 Å². The second-order valence-corrected chi connectivity index (χ2v) is 4.12. The van der Waals surface area contributed by atoms with E-state index in [1.165, 1.54) is 0 Å². The molecule has 0 spiro atoms. The van der Waals surface area contributed by atoms with E-state index in [0.29, 0.717) is 6.54 Å². The maximum atomic E-state index is 5.53. The van der Waals surface area contributed by atoms with Crippen molar-refractivity contribution in [2.45, 2.75) is 5.37 Å². The zero-order chi connectivity index (χ0) is 7.11. The molecule has 0 aromatic carbocycles. The first-order chi connectivity index (χ1) is 4.31. The van der Waals surface area contributed by atoms with Crippen LogP contribution in [0.4, 0.5) is 0 Å². The molecule has 0 saturated heterocycles. The maximum Gasteiger partial charge on any atom is 0.0818 e. The minimum atomic E-state index is 0.0513. The van der Waals surface area contributed by atoms with Crippen LogP contribution in [0.3, 0.4) is 0 Å². The van der Waals surface area contributed by atoms with Gasteiger partial charge in [0.15, 0.2) is 0 Å². The molecule has 1 atom stereocenters. The third-order valence-corrected chi connectivity index (χ3v) is 2.59. The van der Waals surface area contributed by atoms with E-state index in [2.05, 4.69) is 22.4 Å². The Morgan fingerprint density at radius 2 is 2.56 bits per heavy atom. The molecule has 0 saturated carbocycles. The Morgan fingerprint density at radius 1 is 1.89 bits per heavy atom. The molecule has 52 valence electrons. The molecule has 0 aliphatic rings. The van der Waals surface area contributed by atoms with Crippen LogP contribution >= 0.6 is 33.8 Å². The van der Waals surface area contributed by atoms with E-state index >= 15 is 0 Å². The summed E-state index contributed by atoms with van der Waals surface area (Å²) >= 11 is 4.37. The number of nitrogens with zero attached hydrogens (tertiary/aromatic N) is 1. The quantitative estimate of drug-likeness (QED) is 0.307. The predicted molar refractivity (Wildman–Crippen MR) is 49.0 cm³/mol. The molecular formula is C4H8N2S3. The van der Waals surface area contributed by atoms with Crippen molar-refractivity contribution < 1.29 is 0 Å². The molecule has 0 aromatic rings. The van der Waals surface area contributed by atoms with Gasteiger partial charge in [-0.3, -0.25) is 0 Å². The van der Waals surface area contributed by atoms with Gasteiger partial charge in [-0.15, -0.1) is 0 Å². The third-order valence-electron chi connectivity index (χ3n) is 0.556. The monoisotopic (exact) mass is 180 g/mol. The highest BCUT2D eigenvalue weighted by Crippen LogP contribution is 2.19. The summed E-state index contributed by atoms with van der Waals surface area (Å²) in [5, 5.41) is 2.31. The SMILES string of the molecule is CSSC(N)CN=C=S. The highest BCUT2D eigenvalue weighted by molar-refractivity contribution is 8.76. The van der Waals surface area contributed by atoms with Gasteiger partial charge in [0.25, 0.3) is 0 Å². The second-order valence-electron chi connectivity index (χ2n) is 1.23. The summed E-state index contributed by atoms with van der Waals surface area (Å²) in [5.74, 6) is 0. The van der Waals surface area contributed by atoms with Crippen molar-refractivity contribution in [3.8, 4) is 0 Å². The molecule has 2 nitrogen and oxygen atoms in total. The first-order valence-corrected chi connectivity index (χ1v) is 5.33. The first-order valence-electron chi connectivity index (χ1n) is 2.30. The lowest BCUT2D eigenvalue weighted by molar-refractivity contribution is 0.925. The fraction of sp³-hybridized carbons (Fsp3) is 0.750. The van der Waals surface area contributed by atoms with Gasteiger partial charge in [0.05, 0.1) is 17.1 Å². The van der Waals surface area contributed by atoms with Gasteiger partial charge >= 0.3 is 0 Å². The lowest BCUT2D eigenvalue weighted by Gasteiger charge is -2.01. The molecule has 0 amide bonds. The summed E-state index contributed by atoms with van der Waals surface area (Å²) in [6.07, 6.45) is 1.98. The first kappa shape index (κ1) is 9.46. The average Bonchev–Trinajstić information content (AvgIpc) is 1.85. The Kier molecular flexibility index (Phi) is 6.91. The van der Waals surface area contributed by atoms with Crippen LogP contribution in [-0.2, 0) is 0 Å². The minimum Gasteiger partial charge on any atom is -0.317 e. The largest absolute Gasteiger partial charge is 0.317 e. The van der Waals surface area contributed by atoms with Gasteiger partial charge in [-0.05, 0) is 18.5 Å². The average molecular weight is 180 g/mol. The molecule has 0 radical (unpaired) electrons. The van der Waals surface area contributed by atoms with Gasteiger partial charge in [-0.1, -0.05) is 21.6 Å². The molecule has 2 N–H and O–H groups in total. The molecule has 9 heavy (non-hydrogen) atoms. The van der Waals surface area contributed by atoms with Gasteiger partial charge in [-0.2, -0.15) is 0 Å². The van der Waals surface area contributed by atoms with Crippen molar-refractivity contribution in [1.82, 2.24) is 0 Å². The Bertz CT molecular complexity index is 110. The van der Waals surface area contributed by atoms with Crippen LogP contribution in [0.15, 0.2) is 4.99 Å². The summed E-state index contributed by atoms with van der Waals surface area (Å²) in [7, 11) is 3.22. The lowest BCUT2D eigenvalue weighted by Crippen LogP contribution is -2.17. The highest BCUT2D eigenvalue weighted by atomic mass is 33.1. The van der Waals surface area contributed by atoms with Crippen molar-refractivity contribution in [3.63, 3.8) is 0 Å². The topological polar surface area (TPSA) is 38.4 Å². The molecular weight excluding hydrogens is 172 g/mol. The summed E-state index contributed by atoms with van der Waals surface area (Å²) in [6.45, 7) is 0.564. The lowest BCUT2D eigenvalue weighted by atomic mass is 10.7. The number of rotatable bonds is 4. The van der Waals surface area contributed by atoms with E-state index in [4.69, 9.17) is 5.73 Å². The summed E-state index contributed by atoms with van der Waals surface area (Å²) in [4.78, 5) is 3.70. The number of isothiocyanates is 1. The summed E-state index contributed by atoms with van der Waals surface area (Å²) < 4.78 is 0. The minimum absolute atomic E-state index is 0.0513. The van der Waals surface area contributed by atoms with E-state index in [0.717, 1.165) is 0 Å². The van der Waals surface area contributed by atoms with Crippen LogP contribution < -0.4 is 5.73 Å². The smallest absolute Gasteiger partial charge is 0.0818 e. The molecule has 0 fully saturated rings. The fourth-order valence-corrected chi connectivity index (χ4v) is 1.66. The van der Waals surface area contributed by atoms with Crippen LogP contribution in [0.2, 0.25) is 0 Å². The van der Waals surface area contributed by atoms with Crippen LogP contribution in [0.25, 0.3) is 0 Å². The Balaban J connectivity index is 3.25. The highest BCUT2D eigenvalue weighted by Gasteiger charge is 1.97. The molecule has 0 heterocycles. The van der Waals surface area contributed by atoms with Crippen LogP contribution in [0, 0.1) is 0 Å². The van der Waals surface area contributed by atoms with Gasteiger partial charge in [-0.25, -0.2) is 4.99 Å². The molecule has 0 aliphatic carbocycles. The number of aliphatic imine (C=N–C) groups is 1. The number of nitrogens with two attached hydrogens (primary N) is 1. The number of thiocarbonyl (C=S) groups is 1. The predicted octanol–water partition coefficient (Wildman–Crippen LogP) is 1.39. The Hall–Kier alpha value is 0.460. The van der Waals surface area contributed by atoms with E-state index in [1.807, 2.05) is 6.26 Å². The standard InChI is InChI=1S/C4H8N2S3/c1-8-9-4(5)2-6-3-7/h4H,2,5H2,1H3. The molecule has 0 aromatic heterocycles. The number of hydrogen-bond donors (Lipinski definition) is 1. The van der Waals surface area contributed by atoms with Gasteiger partial charge < -0.3 is 5.73 Å². The van der Waals surface area contributed by atoms with Crippen molar-refractivity contribution >= 4 is 39.0 Å². The summed E-state index contributed by atoms with van der Waals surface area (Å²) in [6, 6.07) is 0. The molecule has 0 rings (SSSR count). The van der Waals surface area contributed by atoms with Gasteiger partial charge in [0.1, 0.15) is 0 Å². The second kappa shape index (κ2) is 6.58. The zero-order valence-electron chi connectivity index (χ0n) is 5.03. The zero-order valence-corrected chi connectivity index (χ0v) is 7.48. The number of hydrogen-bond acceptors (Lipinski definition) is 5. The van der Waals surface area contributed by atoms with Gasteiger partial charge in [0, 0.05) is 0 Å².